The minimum atomic E-state index is 1.02. The lowest BCUT2D eigenvalue weighted by atomic mass is 10.0. The summed E-state index contributed by atoms with van der Waals surface area (Å²) in [6, 6.07) is 25.8. The van der Waals surface area contributed by atoms with Gasteiger partial charge in [0.1, 0.15) is 13.1 Å². The first kappa shape index (κ1) is 11.9. The standard InChI is InChI=1S/C18H17N/c1-2-7-15(8-3-1)13-19-14-17-11-6-10-16-9-4-5-12-18(16)17/h1-12,19H,13-14H2/p+1. The number of quaternary nitrogens is 1. The molecule has 2 N–H and O–H groups in total. The highest BCUT2D eigenvalue weighted by molar-refractivity contribution is 5.85. The van der Waals surface area contributed by atoms with E-state index in [0.29, 0.717) is 0 Å². The summed E-state index contributed by atoms with van der Waals surface area (Å²) in [4.78, 5) is 0. The molecule has 0 aliphatic carbocycles. The average Bonchev–Trinajstić information content (AvgIpc) is 2.49. The Morgan fingerprint density at radius 2 is 1.37 bits per heavy atom. The van der Waals surface area contributed by atoms with Gasteiger partial charge in [-0.3, -0.25) is 0 Å². The van der Waals surface area contributed by atoms with Gasteiger partial charge in [0.25, 0.3) is 0 Å². The van der Waals surface area contributed by atoms with Crippen LogP contribution in [0.4, 0.5) is 0 Å². The van der Waals surface area contributed by atoms with E-state index in [-0.39, 0.29) is 0 Å². The van der Waals surface area contributed by atoms with E-state index in [2.05, 4.69) is 78.1 Å². The summed E-state index contributed by atoms with van der Waals surface area (Å²) < 4.78 is 0. The van der Waals surface area contributed by atoms with Crippen molar-refractivity contribution < 1.29 is 5.32 Å². The second kappa shape index (κ2) is 5.68. The van der Waals surface area contributed by atoms with Gasteiger partial charge in [-0.1, -0.05) is 72.8 Å². The average molecular weight is 248 g/mol. The number of hydrogen-bond donors (Lipinski definition) is 1. The quantitative estimate of drug-likeness (QED) is 0.730. The minimum Gasteiger partial charge on any atom is -0.339 e. The first-order valence-electron chi connectivity index (χ1n) is 6.76. The van der Waals surface area contributed by atoms with Gasteiger partial charge in [-0.15, -0.1) is 0 Å². The van der Waals surface area contributed by atoms with Gasteiger partial charge in [-0.05, 0) is 10.8 Å². The molecule has 0 aliphatic rings. The van der Waals surface area contributed by atoms with Crippen LogP contribution >= 0.6 is 0 Å². The van der Waals surface area contributed by atoms with Crippen LogP contribution in [-0.4, -0.2) is 0 Å². The molecule has 0 amide bonds. The van der Waals surface area contributed by atoms with E-state index in [4.69, 9.17) is 0 Å². The van der Waals surface area contributed by atoms with E-state index < -0.39 is 0 Å². The third-order valence-electron chi connectivity index (χ3n) is 3.47. The summed E-state index contributed by atoms with van der Waals surface area (Å²) in [6.07, 6.45) is 0. The van der Waals surface area contributed by atoms with E-state index in [9.17, 15) is 0 Å². The summed E-state index contributed by atoms with van der Waals surface area (Å²) in [5, 5.41) is 5.05. The van der Waals surface area contributed by atoms with E-state index in [0.717, 1.165) is 13.1 Å². The van der Waals surface area contributed by atoms with Crippen LogP contribution in [0, 0.1) is 0 Å². The minimum absolute atomic E-state index is 1.02. The van der Waals surface area contributed by atoms with Gasteiger partial charge in [-0.25, -0.2) is 0 Å². The molecule has 0 aliphatic heterocycles. The van der Waals surface area contributed by atoms with Crippen molar-refractivity contribution in [3.63, 3.8) is 0 Å². The third-order valence-corrected chi connectivity index (χ3v) is 3.47. The van der Waals surface area contributed by atoms with Crippen LogP contribution in [0.2, 0.25) is 0 Å². The highest BCUT2D eigenvalue weighted by atomic mass is 14.8. The second-order valence-electron chi connectivity index (χ2n) is 4.82. The molecule has 94 valence electrons. The molecule has 1 heteroatoms. The zero-order valence-electron chi connectivity index (χ0n) is 10.9. The van der Waals surface area contributed by atoms with Crippen molar-refractivity contribution in [1.82, 2.24) is 0 Å². The molecule has 0 aromatic heterocycles. The molecule has 3 aromatic rings. The van der Waals surface area contributed by atoms with Gasteiger partial charge < -0.3 is 5.32 Å². The van der Waals surface area contributed by atoms with Crippen molar-refractivity contribution in [2.75, 3.05) is 0 Å². The maximum absolute atomic E-state index is 2.36. The van der Waals surface area contributed by atoms with Gasteiger partial charge in [0.2, 0.25) is 0 Å². The summed E-state index contributed by atoms with van der Waals surface area (Å²) in [5.41, 5.74) is 2.79. The van der Waals surface area contributed by atoms with Crippen LogP contribution in [-0.2, 0) is 13.1 Å². The molecule has 0 unspecified atom stereocenters. The summed E-state index contributed by atoms with van der Waals surface area (Å²) in [5.74, 6) is 0. The van der Waals surface area contributed by atoms with Crippen molar-refractivity contribution in [2.24, 2.45) is 0 Å². The third kappa shape index (κ3) is 2.83. The number of rotatable bonds is 4. The van der Waals surface area contributed by atoms with Gasteiger partial charge in [0, 0.05) is 11.1 Å². The summed E-state index contributed by atoms with van der Waals surface area (Å²) in [6.45, 7) is 2.06. The van der Waals surface area contributed by atoms with E-state index in [1.807, 2.05) is 0 Å². The number of nitrogens with two attached hydrogens (primary N) is 1. The van der Waals surface area contributed by atoms with E-state index in [1.54, 1.807) is 0 Å². The number of hydrogen-bond acceptors (Lipinski definition) is 0. The molecule has 3 rings (SSSR count). The Kier molecular flexibility index (Phi) is 3.57. The van der Waals surface area contributed by atoms with Crippen LogP contribution in [0.1, 0.15) is 11.1 Å². The zero-order chi connectivity index (χ0) is 12.9. The van der Waals surface area contributed by atoms with Crippen molar-refractivity contribution in [3.05, 3.63) is 83.9 Å². The maximum Gasteiger partial charge on any atom is 0.102 e. The number of fused-ring (bicyclic) bond motifs is 1. The van der Waals surface area contributed by atoms with Gasteiger partial charge in [0.05, 0.1) is 0 Å². The molecule has 0 saturated heterocycles. The van der Waals surface area contributed by atoms with Crippen LogP contribution in [0.15, 0.2) is 72.8 Å². The lowest BCUT2D eigenvalue weighted by molar-refractivity contribution is -0.686. The van der Waals surface area contributed by atoms with Crippen LogP contribution < -0.4 is 5.32 Å². The van der Waals surface area contributed by atoms with Crippen LogP contribution in [0.25, 0.3) is 10.8 Å². The molecule has 19 heavy (non-hydrogen) atoms. The predicted molar refractivity (Wildman–Crippen MR) is 79.7 cm³/mol. The van der Waals surface area contributed by atoms with Gasteiger partial charge in [0.15, 0.2) is 0 Å². The smallest absolute Gasteiger partial charge is 0.102 e. The predicted octanol–water partition coefficient (Wildman–Crippen LogP) is 3.10. The highest BCUT2D eigenvalue weighted by Crippen LogP contribution is 2.17. The molecule has 0 radical (unpaired) electrons. The first-order valence-corrected chi connectivity index (χ1v) is 6.76. The van der Waals surface area contributed by atoms with Crippen molar-refractivity contribution in [2.45, 2.75) is 13.1 Å². The van der Waals surface area contributed by atoms with Gasteiger partial charge in [-0.2, -0.15) is 0 Å². The van der Waals surface area contributed by atoms with E-state index in [1.165, 1.54) is 21.9 Å². The Balaban J connectivity index is 1.72. The molecule has 0 fully saturated rings. The Morgan fingerprint density at radius 1 is 0.632 bits per heavy atom. The molecular formula is C18H18N+. The molecule has 0 bridgehead atoms. The topological polar surface area (TPSA) is 16.6 Å². The fourth-order valence-electron chi connectivity index (χ4n) is 2.48. The monoisotopic (exact) mass is 248 g/mol. The summed E-state index contributed by atoms with van der Waals surface area (Å²) >= 11 is 0. The lowest BCUT2D eigenvalue weighted by Crippen LogP contribution is -2.80. The Hall–Kier alpha value is -2.12. The maximum atomic E-state index is 2.36. The van der Waals surface area contributed by atoms with E-state index >= 15 is 0 Å². The Bertz CT molecular complexity index is 653. The SMILES string of the molecule is c1ccc(C[NH2+]Cc2cccc3ccccc23)cc1. The lowest BCUT2D eigenvalue weighted by Gasteiger charge is -2.06. The highest BCUT2D eigenvalue weighted by Gasteiger charge is 2.02. The first-order chi connectivity index (χ1) is 9.43. The van der Waals surface area contributed by atoms with Crippen LogP contribution in [0.3, 0.4) is 0 Å². The van der Waals surface area contributed by atoms with Crippen molar-refractivity contribution in [1.29, 1.82) is 0 Å². The Labute approximate surface area is 113 Å². The molecule has 3 aromatic carbocycles. The van der Waals surface area contributed by atoms with Crippen molar-refractivity contribution >= 4 is 10.8 Å². The largest absolute Gasteiger partial charge is 0.339 e. The molecule has 0 atom stereocenters. The molecule has 0 saturated carbocycles. The summed E-state index contributed by atoms with van der Waals surface area (Å²) in [7, 11) is 0. The molecule has 0 spiro atoms. The second-order valence-corrected chi connectivity index (χ2v) is 4.82. The van der Waals surface area contributed by atoms with Crippen molar-refractivity contribution in [3.8, 4) is 0 Å². The fourth-order valence-corrected chi connectivity index (χ4v) is 2.48. The molecule has 1 nitrogen and oxygen atoms in total. The Morgan fingerprint density at radius 3 is 2.26 bits per heavy atom. The number of benzene rings is 3. The van der Waals surface area contributed by atoms with Gasteiger partial charge >= 0.3 is 0 Å². The zero-order valence-corrected chi connectivity index (χ0v) is 10.9. The fraction of sp³-hybridized carbons (Fsp3) is 0.111. The van der Waals surface area contributed by atoms with Crippen LogP contribution in [0.5, 0.6) is 0 Å². The molecular weight excluding hydrogens is 230 g/mol. The normalized spacial score (nSPS) is 10.7. The molecule has 0 heterocycles.